The zero-order valence-electron chi connectivity index (χ0n) is 11.2. The Balaban J connectivity index is 3.37. The van der Waals surface area contributed by atoms with Gasteiger partial charge in [-0.3, -0.25) is 9.59 Å². The number of hydrogen-bond donors (Lipinski definition) is 2. The lowest BCUT2D eigenvalue weighted by atomic mass is 9.90. The lowest BCUT2D eigenvalue weighted by molar-refractivity contribution is -0.137. The standard InChI is InChI=1S/C13H25NO3/c1-13(2,3)9-8-11(15)14-10-6-4-5-7-12(16)17/h4-10H2,1-3H3,(H,14,15)(H,16,17). The zero-order chi connectivity index (χ0) is 13.3. The molecular weight excluding hydrogens is 218 g/mol. The van der Waals surface area contributed by atoms with Gasteiger partial charge in [0.1, 0.15) is 0 Å². The Morgan fingerprint density at radius 1 is 1.06 bits per heavy atom. The SMILES string of the molecule is CC(C)(C)CCC(=O)NCCCCCC(=O)O. The fraction of sp³-hybridized carbons (Fsp3) is 0.846. The first-order chi connectivity index (χ1) is 7.81. The number of carboxylic acids is 1. The summed E-state index contributed by atoms with van der Waals surface area (Å²) in [5, 5.41) is 11.3. The third-order valence-electron chi connectivity index (χ3n) is 2.49. The van der Waals surface area contributed by atoms with Crippen molar-refractivity contribution >= 4 is 11.9 Å². The van der Waals surface area contributed by atoms with Gasteiger partial charge in [0.2, 0.25) is 5.91 Å². The number of rotatable bonds is 8. The Kier molecular flexibility index (Phi) is 7.59. The Labute approximate surface area is 104 Å². The van der Waals surface area contributed by atoms with Gasteiger partial charge < -0.3 is 10.4 Å². The van der Waals surface area contributed by atoms with Crippen LogP contribution in [0.3, 0.4) is 0 Å². The van der Waals surface area contributed by atoms with Gasteiger partial charge in [-0.1, -0.05) is 27.2 Å². The van der Waals surface area contributed by atoms with Gasteiger partial charge in [-0.05, 0) is 24.7 Å². The lowest BCUT2D eigenvalue weighted by Gasteiger charge is -2.17. The van der Waals surface area contributed by atoms with Crippen LogP contribution in [0.5, 0.6) is 0 Å². The molecule has 4 nitrogen and oxygen atoms in total. The third-order valence-corrected chi connectivity index (χ3v) is 2.49. The third kappa shape index (κ3) is 12.9. The molecule has 17 heavy (non-hydrogen) atoms. The fourth-order valence-electron chi connectivity index (χ4n) is 1.38. The summed E-state index contributed by atoms with van der Waals surface area (Å²) >= 11 is 0. The van der Waals surface area contributed by atoms with E-state index in [4.69, 9.17) is 5.11 Å². The van der Waals surface area contributed by atoms with Crippen molar-refractivity contribution in [2.45, 2.75) is 59.3 Å². The van der Waals surface area contributed by atoms with E-state index in [1.54, 1.807) is 0 Å². The maximum Gasteiger partial charge on any atom is 0.303 e. The quantitative estimate of drug-likeness (QED) is 0.644. The number of carbonyl (C=O) groups excluding carboxylic acids is 1. The van der Waals surface area contributed by atoms with E-state index in [0.717, 1.165) is 19.3 Å². The second kappa shape index (κ2) is 8.09. The average molecular weight is 243 g/mol. The van der Waals surface area contributed by atoms with Gasteiger partial charge in [-0.2, -0.15) is 0 Å². The van der Waals surface area contributed by atoms with E-state index in [9.17, 15) is 9.59 Å². The van der Waals surface area contributed by atoms with E-state index in [0.29, 0.717) is 19.4 Å². The lowest BCUT2D eigenvalue weighted by Crippen LogP contribution is -2.25. The number of amides is 1. The summed E-state index contributed by atoms with van der Waals surface area (Å²) in [6.07, 6.45) is 4.07. The van der Waals surface area contributed by atoms with Crippen LogP contribution in [0.1, 0.15) is 59.3 Å². The number of hydrogen-bond acceptors (Lipinski definition) is 2. The summed E-state index contributed by atoms with van der Waals surface area (Å²) in [5.74, 6) is -0.655. The van der Waals surface area contributed by atoms with Crippen molar-refractivity contribution in [1.29, 1.82) is 0 Å². The van der Waals surface area contributed by atoms with Gasteiger partial charge in [-0.15, -0.1) is 0 Å². The highest BCUT2D eigenvalue weighted by atomic mass is 16.4. The van der Waals surface area contributed by atoms with E-state index in [1.807, 2.05) is 0 Å². The highest BCUT2D eigenvalue weighted by Gasteiger charge is 2.12. The van der Waals surface area contributed by atoms with Crippen LogP contribution in [0.25, 0.3) is 0 Å². The van der Waals surface area contributed by atoms with Crippen molar-refractivity contribution in [3.05, 3.63) is 0 Å². The molecule has 0 radical (unpaired) electrons. The summed E-state index contributed by atoms with van der Waals surface area (Å²) in [6, 6.07) is 0. The molecule has 2 N–H and O–H groups in total. The van der Waals surface area contributed by atoms with E-state index in [-0.39, 0.29) is 17.7 Å². The number of nitrogens with one attached hydrogen (secondary N) is 1. The topological polar surface area (TPSA) is 66.4 Å². The molecule has 0 aromatic heterocycles. The molecule has 0 atom stereocenters. The average Bonchev–Trinajstić information content (AvgIpc) is 2.19. The summed E-state index contributed by atoms with van der Waals surface area (Å²) in [5.41, 5.74) is 0.193. The minimum absolute atomic E-state index is 0.0955. The molecule has 1 amide bonds. The molecule has 0 aliphatic heterocycles. The van der Waals surface area contributed by atoms with Crippen LogP contribution < -0.4 is 5.32 Å². The second-order valence-electron chi connectivity index (χ2n) is 5.62. The minimum atomic E-state index is -0.751. The first-order valence-electron chi connectivity index (χ1n) is 6.30. The maximum atomic E-state index is 11.4. The van der Waals surface area contributed by atoms with Crippen LogP contribution in [-0.2, 0) is 9.59 Å². The number of aliphatic carboxylic acids is 1. The second-order valence-corrected chi connectivity index (χ2v) is 5.62. The van der Waals surface area contributed by atoms with Crippen molar-refractivity contribution in [3.63, 3.8) is 0 Å². The first-order valence-corrected chi connectivity index (χ1v) is 6.30. The molecule has 0 saturated heterocycles. The molecule has 0 fully saturated rings. The predicted octanol–water partition coefficient (Wildman–Crippen LogP) is 2.57. The summed E-state index contributed by atoms with van der Waals surface area (Å²) in [4.78, 5) is 21.7. The molecule has 0 unspecified atom stereocenters. The first kappa shape index (κ1) is 15.9. The molecule has 0 spiro atoms. The molecule has 0 aliphatic carbocycles. The molecule has 0 saturated carbocycles. The van der Waals surface area contributed by atoms with Crippen LogP contribution in [0.4, 0.5) is 0 Å². The highest BCUT2D eigenvalue weighted by Crippen LogP contribution is 2.20. The Morgan fingerprint density at radius 3 is 2.24 bits per heavy atom. The Morgan fingerprint density at radius 2 is 1.71 bits per heavy atom. The fourth-order valence-corrected chi connectivity index (χ4v) is 1.38. The summed E-state index contributed by atoms with van der Waals surface area (Å²) < 4.78 is 0. The molecule has 0 aromatic carbocycles. The van der Waals surface area contributed by atoms with Gasteiger partial charge in [-0.25, -0.2) is 0 Å². The number of carbonyl (C=O) groups is 2. The van der Waals surface area contributed by atoms with Crippen molar-refractivity contribution in [1.82, 2.24) is 5.32 Å². The monoisotopic (exact) mass is 243 g/mol. The van der Waals surface area contributed by atoms with Gasteiger partial charge in [0, 0.05) is 19.4 Å². The van der Waals surface area contributed by atoms with Crippen LogP contribution in [0.15, 0.2) is 0 Å². The summed E-state index contributed by atoms with van der Waals surface area (Å²) in [6.45, 7) is 7.01. The van der Waals surface area contributed by atoms with E-state index in [1.165, 1.54) is 0 Å². The van der Waals surface area contributed by atoms with Crippen LogP contribution in [-0.4, -0.2) is 23.5 Å². The smallest absolute Gasteiger partial charge is 0.303 e. The van der Waals surface area contributed by atoms with Crippen LogP contribution in [0.2, 0.25) is 0 Å². The number of unbranched alkanes of at least 4 members (excludes halogenated alkanes) is 2. The zero-order valence-corrected chi connectivity index (χ0v) is 11.2. The Hall–Kier alpha value is -1.06. The molecule has 0 aliphatic rings. The number of carboxylic acid groups (broad SMARTS) is 1. The largest absolute Gasteiger partial charge is 0.481 e. The summed E-state index contributed by atoms with van der Waals surface area (Å²) in [7, 11) is 0. The van der Waals surface area contributed by atoms with Gasteiger partial charge in [0.05, 0.1) is 0 Å². The van der Waals surface area contributed by atoms with Crippen molar-refractivity contribution < 1.29 is 14.7 Å². The van der Waals surface area contributed by atoms with Gasteiger partial charge >= 0.3 is 5.97 Å². The Bertz CT molecular complexity index is 244. The van der Waals surface area contributed by atoms with E-state index < -0.39 is 5.97 Å². The highest BCUT2D eigenvalue weighted by molar-refractivity contribution is 5.75. The molecule has 100 valence electrons. The normalized spacial score (nSPS) is 11.2. The molecular formula is C13H25NO3. The van der Waals surface area contributed by atoms with Gasteiger partial charge in [0.15, 0.2) is 0 Å². The predicted molar refractivity (Wildman–Crippen MR) is 67.8 cm³/mol. The van der Waals surface area contributed by atoms with Crippen molar-refractivity contribution in [2.24, 2.45) is 5.41 Å². The minimum Gasteiger partial charge on any atom is -0.481 e. The van der Waals surface area contributed by atoms with Gasteiger partial charge in [0.25, 0.3) is 0 Å². The van der Waals surface area contributed by atoms with E-state index >= 15 is 0 Å². The van der Waals surface area contributed by atoms with Crippen molar-refractivity contribution in [2.75, 3.05) is 6.54 Å². The van der Waals surface area contributed by atoms with Crippen LogP contribution in [0, 0.1) is 5.41 Å². The van der Waals surface area contributed by atoms with Crippen LogP contribution >= 0.6 is 0 Å². The van der Waals surface area contributed by atoms with E-state index in [2.05, 4.69) is 26.1 Å². The molecule has 0 aromatic rings. The van der Waals surface area contributed by atoms with Crippen molar-refractivity contribution in [3.8, 4) is 0 Å². The maximum absolute atomic E-state index is 11.4. The molecule has 0 rings (SSSR count). The molecule has 4 heteroatoms. The molecule has 0 bridgehead atoms. The molecule has 0 heterocycles.